The van der Waals surface area contributed by atoms with Crippen molar-refractivity contribution in [2.24, 2.45) is 0 Å². The second-order valence-corrected chi connectivity index (χ2v) is 16.3. The summed E-state index contributed by atoms with van der Waals surface area (Å²) in [5.41, 5.74) is 11.2. The van der Waals surface area contributed by atoms with E-state index < -0.39 is 11.8 Å². The highest BCUT2D eigenvalue weighted by atomic mass is 32.1. The number of hydrogen-bond donors (Lipinski definition) is 1. The van der Waals surface area contributed by atoms with E-state index in [1.54, 1.807) is 17.4 Å². The van der Waals surface area contributed by atoms with Crippen molar-refractivity contribution in [3.8, 4) is 10.4 Å². The minimum atomic E-state index is -1.13. The molecule has 0 amide bonds. The maximum absolute atomic E-state index is 13.4. The van der Waals surface area contributed by atoms with Crippen LogP contribution in [0.2, 0.25) is 0 Å². The molecule has 1 aromatic heterocycles. The molecule has 3 aliphatic rings. The zero-order chi connectivity index (χ0) is 38.8. The average molecular weight is 760 g/mol. The quantitative estimate of drug-likeness (QED) is 0.0995. The number of anilines is 2. The Labute approximate surface area is 334 Å². The Bertz CT molecular complexity index is 2810. The third kappa shape index (κ3) is 5.87. The summed E-state index contributed by atoms with van der Waals surface area (Å²) in [5, 5.41) is 11.8. The molecule has 0 spiro atoms. The van der Waals surface area contributed by atoms with Crippen molar-refractivity contribution in [3.63, 3.8) is 0 Å². The number of Topliss-reactive ketones (excluding diaryl/α,β-unsaturated/α-hetero) is 2. The second kappa shape index (κ2) is 13.8. The van der Waals surface area contributed by atoms with E-state index in [1.807, 2.05) is 6.92 Å². The summed E-state index contributed by atoms with van der Waals surface area (Å²) in [6, 6.07) is 47.9. The molecule has 6 aromatic carbocycles. The van der Waals surface area contributed by atoms with Gasteiger partial charge in [0.05, 0.1) is 16.8 Å². The lowest BCUT2D eigenvalue weighted by atomic mass is 9.91. The van der Waals surface area contributed by atoms with E-state index in [1.165, 1.54) is 69.0 Å². The average Bonchev–Trinajstić information content (AvgIpc) is 4.00. The van der Waals surface area contributed by atoms with Gasteiger partial charge in [-0.3, -0.25) is 9.59 Å². The molecule has 2 aliphatic carbocycles. The van der Waals surface area contributed by atoms with Gasteiger partial charge in [-0.1, -0.05) is 103 Å². The van der Waals surface area contributed by atoms with Gasteiger partial charge in [0.15, 0.2) is 11.6 Å². The normalized spacial score (nSPS) is 17.6. The summed E-state index contributed by atoms with van der Waals surface area (Å²) in [6.45, 7) is 2.01. The van der Waals surface area contributed by atoms with Crippen molar-refractivity contribution in [1.29, 1.82) is 0 Å². The van der Waals surface area contributed by atoms with Gasteiger partial charge in [0, 0.05) is 43.9 Å². The first kappa shape index (κ1) is 34.8. The molecule has 1 fully saturated rings. The molecule has 10 rings (SSSR count). The molecular formula is C51H37NO4S. The Hall–Kier alpha value is -6.63. The lowest BCUT2D eigenvalue weighted by molar-refractivity contribution is 0.0696. The van der Waals surface area contributed by atoms with Gasteiger partial charge in [0.2, 0.25) is 0 Å². The summed E-state index contributed by atoms with van der Waals surface area (Å²) < 4.78 is 0. The van der Waals surface area contributed by atoms with E-state index in [4.69, 9.17) is 0 Å². The number of thiophene rings is 1. The largest absolute Gasteiger partial charge is 0.478 e. The van der Waals surface area contributed by atoms with Gasteiger partial charge in [-0.15, -0.1) is 11.3 Å². The minimum absolute atomic E-state index is 0.0114. The molecular weight excluding hydrogens is 723 g/mol. The van der Waals surface area contributed by atoms with E-state index in [2.05, 4.69) is 132 Å². The van der Waals surface area contributed by atoms with Gasteiger partial charge < -0.3 is 10.0 Å². The zero-order valence-corrected chi connectivity index (χ0v) is 32.1. The number of fused-ring (bicyclic) bond motifs is 6. The topological polar surface area (TPSA) is 74.7 Å². The van der Waals surface area contributed by atoms with E-state index in [-0.39, 0.29) is 28.0 Å². The molecule has 1 aliphatic heterocycles. The molecule has 6 heteroatoms. The smallest absolute Gasteiger partial charge is 0.335 e. The van der Waals surface area contributed by atoms with Gasteiger partial charge in [-0.2, -0.15) is 0 Å². The van der Waals surface area contributed by atoms with E-state index in [9.17, 15) is 19.5 Å². The number of allylic oxidation sites excluding steroid dienone is 1. The summed E-state index contributed by atoms with van der Waals surface area (Å²) in [6.07, 6.45) is 7.43. The van der Waals surface area contributed by atoms with Crippen LogP contribution in [0.15, 0.2) is 145 Å². The van der Waals surface area contributed by atoms with Gasteiger partial charge in [0.25, 0.3) is 0 Å². The van der Waals surface area contributed by atoms with Crippen LogP contribution in [0.1, 0.15) is 88.9 Å². The molecule has 0 saturated heterocycles. The van der Waals surface area contributed by atoms with Crippen LogP contribution in [0.3, 0.4) is 0 Å². The summed E-state index contributed by atoms with van der Waals surface area (Å²) in [5.74, 6) is -1.52. The predicted octanol–water partition coefficient (Wildman–Crippen LogP) is 12.4. The number of nitrogens with zero attached hydrogens (tertiary/aromatic N) is 1. The Morgan fingerprint density at radius 1 is 0.702 bits per heavy atom. The number of hydrogen-bond acceptors (Lipinski definition) is 5. The molecule has 0 radical (unpaired) electrons. The van der Waals surface area contributed by atoms with Crippen LogP contribution in [0.4, 0.5) is 11.4 Å². The van der Waals surface area contributed by atoms with Crippen LogP contribution in [0, 0.1) is 6.92 Å². The van der Waals surface area contributed by atoms with E-state index in [0.717, 1.165) is 39.3 Å². The Morgan fingerprint density at radius 3 is 2.07 bits per heavy atom. The van der Waals surface area contributed by atoms with Crippen LogP contribution in [0.5, 0.6) is 0 Å². The van der Waals surface area contributed by atoms with Crippen LogP contribution in [0.25, 0.3) is 38.9 Å². The summed E-state index contributed by atoms with van der Waals surface area (Å²) >= 11 is 1.58. The molecule has 1 N–H and O–H groups in total. The summed E-state index contributed by atoms with van der Waals surface area (Å²) in [7, 11) is 0. The van der Waals surface area contributed by atoms with Crippen molar-refractivity contribution in [2.45, 2.75) is 38.1 Å². The first-order valence-electron chi connectivity index (χ1n) is 19.4. The number of aryl methyl sites for hydroxylation is 1. The van der Waals surface area contributed by atoms with Gasteiger partial charge in [-0.25, -0.2) is 4.79 Å². The van der Waals surface area contributed by atoms with Crippen molar-refractivity contribution >= 4 is 68.7 Å². The van der Waals surface area contributed by atoms with Gasteiger partial charge in [-0.05, 0) is 119 Å². The number of ketones is 2. The van der Waals surface area contributed by atoms with Gasteiger partial charge >= 0.3 is 5.97 Å². The second-order valence-electron chi connectivity index (χ2n) is 15.2. The maximum Gasteiger partial charge on any atom is 0.335 e. The number of carbonyl (C=O) groups is 3. The number of aromatic carboxylic acids is 1. The van der Waals surface area contributed by atoms with Crippen LogP contribution in [-0.4, -0.2) is 28.7 Å². The van der Waals surface area contributed by atoms with Crippen LogP contribution < -0.4 is 4.90 Å². The maximum atomic E-state index is 13.4. The lowest BCUT2D eigenvalue weighted by Gasteiger charge is -2.28. The molecule has 276 valence electrons. The molecule has 2 atom stereocenters. The first-order chi connectivity index (χ1) is 27.8. The fourth-order valence-electron chi connectivity index (χ4n) is 9.19. The van der Waals surface area contributed by atoms with Crippen molar-refractivity contribution in [2.75, 3.05) is 4.90 Å². The monoisotopic (exact) mass is 759 g/mol. The van der Waals surface area contributed by atoms with Crippen molar-refractivity contribution in [1.82, 2.24) is 0 Å². The lowest BCUT2D eigenvalue weighted by Crippen LogP contribution is -2.26. The number of carboxylic acids is 1. The van der Waals surface area contributed by atoms with Crippen molar-refractivity contribution in [3.05, 3.63) is 194 Å². The third-order valence-corrected chi connectivity index (χ3v) is 13.1. The molecule has 7 aromatic rings. The number of carbonyl (C=O) groups excluding carboxylic acids is 2. The number of benzene rings is 6. The molecule has 1 saturated carbocycles. The minimum Gasteiger partial charge on any atom is -0.478 e. The standard InChI is InChI=1S/C51H37NO4S/c1-30-25-47(57-46(30)29-44-49(53)39-24-21-34(51(55)56)27-43(39)50(44)54)41-28-42-37-17-10-18-45(37)52(48(42)38-16-9-8-15-36(38)41)35-22-19-31(20-23-35)26-40(32-11-4-2-5-12-32)33-13-6-3-7-14-33/h2-9,11-16,19-29,37,45H,10,17-18H2,1H3,(H,55,56)/b44-29+. The van der Waals surface area contributed by atoms with Crippen LogP contribution >= 0.6 is 11.3 Å². The molecule has 2 unspecified atom stereocenters. The highest BCUT2D eigenvalue weighted by Gasteiger charge is 2.43. The molecule has 57 heavy (non-hydrogen) atoms. The predicted molar refractivity (Wildman–Crippen MR) is 231 cm³/mol. The SMILES string of the molecule is Cc1cc(-c2cc3c(c4ccccc24)N(c2ccc(C=C(c4ccccc4)c4ccccc4)cc2)C2CCCC32)sc1/C=C1\C(=O)c2ccc(C(=O)O)cc2C1=O. The van der Waals surface area contributed by atoms with E-state index in [0.29, 0.717) is 12.0 Å². The Kier molecular flexibility index (Phi) is 8.45. The highest BCUT2D eigenvalue weighted by molar-refractivity contribution is 7.16. The zero-order valence-electron chi connectivity index (χ0n) is 31.2. The summed E-state index contributed by atoms with van der Waals surface area (Å²) in [4.78, 5) is 42.9. The molecule has 5 nitrogen and oxygen atoms in total. The van der Waals surface area contributed by atoms with Crippen molar-refractivity contribution < 1.29 is 19.5 Å². The van der Waals surface area contributed by atoms with E-state index >= 15 is 0 Å². The Morgan fingerprint density at radius 2 is 1.37 bits per heavy atom. The first-order valence-corrected chi connectivity index (χ1v) is 20.2. The van der Waals surface area contributed by atoms with Gasteiger partial charge in [0.1, 0.15) is 0 Å². The number of carboxylic acid groups (broad SMARTS) is 1. The Balaban J connectivity index is 1.03. The molecule has 2 heterocycles. The van der Waals surface area contributed by atoms with Crippen LogP contribution in [-0.2, 0) is 0 Å². The highest BCUT2D eigenvalue weighted by Crippen LogP contribution is 2.56. The number of rotatable bonds is 7. The fraction of sp³-hybridized carbons (Fsp3) is 0.118. The fourth-order valence-corrected chi connectivity index (χ4v) is 10.3. The third-order valence-electron chi connectivity index (χ3n) is 11.9. The molecule has 0 bridgehead atoms.